The molecule has 0 N–H and O–H groups in total. The number of alkyl halides is 3. The zero-order chi connectivity index (χ0) is 18.7. The van der Waals surface area contributed by atoms with E-state index in [4.69, 9.17) is 0 Å². The second-order valence-corrected chi connectivity index (χ2v) is 10.2. The molecule has 0 saturated heterocycles. The molecule has 4 bridgehead atoms. The minimum Gasteiger partial charge on any atom is -0.298 e. The normalized spacial score (nSPS) is 33.4. The highest BCUT2D eigenvalue weighted by Gasteiger charge is 2.54. The van der Waals surface area contributed by atoms with Crippen molar-refractivity contribution in [3.05, 3.63) is 23.9 Å². The van der Waals surface area contributed by atoms with Gasteiger partial charge in [-0.15, -0.1) is 0 Å². The van der Waals surface area contributed by atoms with Crippen LogP contribution in [0.15, 0.2) is 23.4 Å². The van der Waals surface area contributed by atoms with E-state index in [9.17, 15) is 26.4 Å². The van der Waals surface area contributed by atoms with Crippen LogP contribution in [0.3, 0.4) is 0 Å². The molecule has 4 aliphatic rings. The van der Waals surface area contributed by atoms with Crippen molar-refractivity contribution in [2.24, 2.45) is 23.2 Å². The number of sulfone groups is 1. The number of ketones is 1. The van der Waals surface area contributed by atoms with Crippen LogP contribution in [0.5, 0.6) is 0 Å². The first-order chi connectivity index (χ1) is 12.1. The van der Waals surface area contributed by atoms with Crippen molar-refractivity contribution in [3.8, 4) is 0 Å². The summed E-state index contributed by atoms with van der Waals surface area (Å²) >= 11 is 0. The van der Waals surface area contributed by atoms with Gasteiger partial charge in [0.25, 0.3) is 0 Å². The Labute approximate surface area is 150 Å². The Morgan fingerprint density at radius 1 is 1.08 bits per heavy atom. The van der Waals surface area contributed by atoms with Crippen molar-refractivity contribution in [3.63, 3.8) is 0 Å². The Morgan fingerprint density at radius 3 is 2.04 bits per heavy atom. The molecular formula is C18H20F3NO3S. The van der Waals surface area contributed by atoms with Gasteiger partial charge in [0.1, 0.15) is 5.75 Å². The fourth-order valence-corrected chi connectivity index (χ4v) is 6.87. The molecule has 0 amide bonds. The van der Waals surface area contributed by atoms with Gasteiger partial charge in [-0.2, -0.15) is 13.2 Å². The average Bonchev–Trinajstić information content (AvgIpc) is 2.52. The lowest BCUT2D eigenvalue weighted by Gasteiger charge is -2.55. The number of carbonyl (C=O) groups is 1. The van der Waals surface area contributed by atoms with E-state index < -0.39 is 37.8 Å². The highest BCUT2D eigenvalue weighted by atomic mass is 32.2. The molecule has 0 atom stereocenters. The first kappa shape index (κ1) is 17.9. The number of hydrogen-bond acceptors (Lipinski definition) is 4. The predicted molar refractivity (Wildman–Crippen MR) is 86.9 cm³/mol. The number of pyridine rings is 1. The molecule has 0 unspecified atom stereocenters. The van der Waals surface area contributed by atoms with Gasteiger partial charge in [-0.25, -0.2) is 13.4 Å². The summed E-state index contributed by atoms with van der Waals surface area (Å²) in [6.07, 6.45) is 1.61. The summed E-state index contributed by atoms with van der Waals surface area (Å²) in [6.45, 7) is 0. The second-order valence-electron chi connectivity index (χ2n) is 8.26. The van der Waals surface area contributed by atoms with Crippen molar-refractivity contribution in [1.29, 1.82) is 0 Å². The zero-order valence-electron chi connectivity index (χ0n) is 14.1. The molecule has 4 saturated carbocycles. The maximum atomic E-state index is 12.9. The lowest BCUT2D eigenvalue weighted by Crippen LogP contribution is -2.51. The minimum atomic E-state index is -4.58. The Kier molecular flexibility index (Phi) is 3.99. The number of carbonyl (C=O) groups excluding carboxylic acids is 1. The van der Waals surface area contributed by atoms with Crippen molar-refractivity contribution >= 4 is 15.6 Å². The van der Waals surface area contributed by atoms with E-state index in [2.05, 4.69) is 4.98 Å². The van der Waals surface area contributed by atoms with Crippen LogP contribution in [-0.2, 0) is 20.8 Å². The number of Topliss-reactive ketones (excluding diaryl/α,β-unsaturated/α-hetero) is 1. The van der Waals surface area contributed by atoms with E-state index in [1.807, 2.05) is 0 Å². The first-order valence-electron chi connectivity index (χ1n) is 8.87. The van der Waals surface area contributed by atoms with Crippen LogP contribution in [0.4, 0.5) is 13.2 Å². The SMILES string of the molecule is O=C(CS(=O)(=O)c1ccc(C(F)(F)F)cn1)C12CC3CC(CC(C3)C1)C2. The lowest BCUT2D eigenvalue weighted by molar-refractivity contribution is -0.141. The van der Waals surface area contributed by atoms with Crippen LogP contribution in [0.25, 0.3) is 0 Å². The summed E-state index contributed by atoms with van der Waals surface area (Å²) in [5.41, 5.74) is -1.56. The van der Waals surface area contributed by atoms with Crippen LogP contribution < -0.4 is 0 Å². The first-order valence-corrected chi connectivity index (χ1v) is 10.5. The highest BCUT2D eigenvalue weighted by Crippen LogP contribution is 2.60. The zero-order valence-corrected chi connectivity index (χ0v) is 14.9. The van der Waals surface area contributed by atoms with Gasteiger partial charge in [0.15, 0.2) is 10.8 Å². The van der Waals surface area contributed by atoms with E-state index in [0.717, 1.165) is 44.6 Å². The van der Waals surface area contributed by atoms with Crippen molar-refractivity contribution in [1.82, 2.24) is 4.98 Å². The molecule has 1 aromatic heterocycles. The molecule has 4 aliphatic carbocycles. The monoisotopic (exact) mass is 387 g/mol. The quantitative estimate of drug-likeness (QED) is 0.791. The summed E-state index contributed by atoms with van der Waals surface area (Å²) in [5.74, 6) is 0.585. The minimum absolute atomic E-state index is 0.279. The van der Waals surface area contributed by atoms with Crippen molar-refractivity contribution in [2.45, 2.75) is 49.7 Å². The maximum Gasteiger partial charge on any atom is 0.417 e. The molecule has 142 valence electrons. The average molecular weight is 387 g/mol. The number of aromatic nitrogens is 1. The van der Waals surface area contributed by atoms with E-state index in [0.29, 0.717) is 30.0 Å². The third-order valence-electron chi connectivity index (χ3n) is 6.33. The molecule has 4 nitrogen and oxygen atoms in total. The fraction of sp³-hybridized carbons (Fsp3) is 0.667. The Morgan fingerprint density at radius 2 is 1.62 bits per heavy atom. The molecule has 1 heterocycles. The van der Waals surface area contributed by atoms with E-state index in [1.54, 1.807) is 0 Å². The van der Waals surface area contributed by atoms with Crippen molar-refractivity contribution < 1.29 is 26.4 Å². The van der Waals surface area contributed by atoms with Crippen LogP contribution >= 0.6 is 0 Å². The lowest BCUT2D eigenvalue weighted by atomic mass is 9.48. The van der Waals surface area contributed by atoms with Gasteiger partial charge in [-0.1, -0.05) is 0 Å². The Hall–Kier alpha value is -1.44. The number of hydrogen-bond donors (Lipinski definition) is 0. The maximum absolute atomic E-state index is 12.9. The predicted octanol–water partition coefficient (Wildman–Crippen LogP) is 3.66. The van der Waals surface area contributed by atoms with Gasteiger partial charge in [0.05, 0.1) is 5.56 Å². The molecule has 26 heavy (non-hydrogen) atoms. The van der Waals surface area contributed by atoms with E-state index in [-0.39, 0.29) is 5.78 Å². The summed E-state index contributed by atoms with van der Waals surface area (Å²) in [4.78, 5) is 16.4. The van der Waals surface area contributed by atoms with Crippen LogP contribution in [-0.4, -0.2) is 24.9 Å². The van der Waals surface area contributed by atoms with Gasteiger partial charge in [0.2, 0.25) is 9.84 Å². The Bertz CT molecular complexity index is 795. The number of halogens is 3. The third-order valence-corrected chi connectivity index (χ3v) is 7.85. The van der Waals surface area contributed by atoms with Gasteiger partial charge in [0, 0.05) is 11.6 Å². The summed E-state index contributed by atoms with van der Waals surface area (Å²) in [5, 5.41) is -0.469. The topological polar surface area (TPSA) is 64.1 Å². The van der Waals surface area contributed by atoms with Gasteiger partial charge >= 0.3 is 6.18 Å². The Balaban J connectivity index is 1.54. The van der Waals surface area contributed by atoms with Crippen LogP contribution in [0.1, 0.15) is 44.1 Å². The molecule has 1 aromatic rings. The molecule has 0 aromatic carbocycles. The standard InChI is InChI=1S/C18H20F3NO3S/c19-18(20,21)14-1-2-16(22-9-14)26(24,25)10-15(23)17-6-11-3-12(7-17)5-13(4-11)8-17/h1-2,9,11-13H,3-8,10H2. The largest absolute Gasteiger partial charge is 0.417 e. The number of nitrogens with zero attached hydrogens (tertiary/aromatic N) is 1. The molecule has 4 fully saturated rings. The van der Waals surface area contributed by atoms with Gasteiger partial charge in [-0.3, -0.25) is 4.79 Å². The highest BCUT2D eigenvalue weighted by molar-refractivity contribution is 7.92. The molecular weight excluding hydrogens is 367 g/mol. The molecule has 0 spiro atoms. The van der Waals surface area contributed by atoms with E-state index in [1.165, 1.54) is 0 Å². The number of rotatable bonds is 4. The van der Waals surface area contributed by atoms with Gasteiger partial charge in [-0.05, 0) is 68.4 Å². The molecule has 5 rings (SSSR count). The second kappa shape index (κ2) is 5.78. The fourth-order valence-electron chi connectivity index (χ4n) is 5.58. The van der Waals surface area contributed by atoms with Gasteiger partial charge < -0.3 is 0 Å². The molecule has 0 radical (unpaired) electrons. The molecule has 8 heteroatoms. The molecule has 0 aliphatic heterocycles. The summed E-state index contributed by atoms with van der Waals surface area (Å²) < 4.78 is 62.9. The smallest absolute Gasteiger partial charge is 0.298 e. The van der Waals surface area contributed by atoms with Crippen LogP contribution in [0, 0.1) is 23.2 Å². The summed E-state index contributed by atoms with van der Waals surface area (Å²) in [7, 11) is -4.04. The third kappa shape index (κ3) is 3.06. The van der Waals surface area contributed by atoms with Crippen molar-refractivity contribution in [2.75, 3.05) is 5.75 Å². The summed E-state index contributed by atoms with van der Waals surface area (Å²) in [6, 6.07) is 1.53. The van der Waals surface area contributed by atoms with Crippen LogP contribution in [0.2, 0.25) is 0 Å². The van der Waals surface area contributed by atoms with E-state index >= 15 is 0 Å².